The Labute approximate surface area is 77.8 Å². The van der Waals surface area contributed by atoms with Crippen LogP contribution in [0.15, 0.2) is 24.3 Å². The fourth-order valence-corrected chi connectivity index (χ4v) is 1.10. The molecule has 66 valence electrons. The Bertz CT molecular complexity index is 363. The summed E-state index contributed by atoms with van der Waals surface area (Å²) >= 11 is 0. The molecule has 0 amide bonds. The first-order valence-electron chi connectivity index (χ1n) is 4.15. The summed E-state index contributed by atoms with van der Waals surface area (Å²) in [5, 5.41) is 8.68. The van der Waals surface area contributed by atoms with Gasteiger partial charge in [0.05, 0.1) is 12.0 Å². The van der Waals surface area contributed by atoms with Crippen LogP contribution in [0.2, 0.25) is 0 Å². The van der Waals surface area contributed by atoms with Gasteiger partial charge in [0.25, 0.3) is 0 Å². The van der Waals surface area contributed by atoms with Gasteiger partial charge in [0, 0.05) is 5.56 Å². The summed E-state index contributed by atoms with van der Waals surface area (Å²) in [4.78, 5) is 11.0. The van der Waals surface area contributed by atoms with Crippen LogP contribution >= 0.6 is 0 Å². The van der Waals surface area contributed by atoms with E-state index in [0.29, 0.717) is 5.56 Å². The van der Waals surface area contributed by atoms with Crippen LogP contribution in [0.3, 0.4) is 0 Å². The summed E-state index contributed by atoms with van der Waals surface area (Å²) in [5.41, 5.74) is 1.56. The average Bonchev–Trinajstić information content (AvgIpc) is 2.17. The van der Waals surface area contributed by atoms with Crippen LogP contribution in [0.25, 0.3) is 0 Å². The number of hydrogen-bond donors (Lipinski definition) is 0. The summed E-state index contributed by atoms with van der Waals surface area (Å²) in [6, 6.07) is 9.34. The molecule has 0 saturated carbocycles. The van der Waals surface area contributed by atoms with E-state index in [1.165, 1.54) is 6.92 Å². The molecule has 0 unspecified atom stereocenters. The van der Waals surface area contributed by atoms with Crippen molar-refractivity contribution in [2.24, 2.45) is 0 Å². The van der Waals surface area contributed by atoms with Crippen LogP contribution in [-0.4, -0.2) is 5.78 Å². The Morgan fingerprint density at radius 2 is 2.23 bits per heavy atom. The molecule has 0 aliphatic heterocycles. The summed E-state index contributed by atoms with van der Waals surface area (Å²) in [7, 11) is 0. The summed E-state index contributed by atoms with van der Waals surface area (Å²) in [6.07, 6.45) is 0. The average molecular weight is 173 g/mol. The van der Waals surface area contributed by atoms with Gasteiger partial charge >= 0.3 is 0 Å². The summed E-state index contributed by atoms with van der Waals surface area (Å²) in [5.74, 6) is -0.119. The molecule has 0 bridgehead atoms. The number of nitriles is 1. The molecule has 0 aliphatic rings. The first-order valence-corrected chi connectivity index (χ1v) is 4.15. The molecule has 0 spiro atoms. The number of ketones is 1. The highest BCUT2D eigenvalue weighted by atomic mass is 16.1. The second-order valence-corrected chi connectivity index (χ2v) is 3.03. The van der Waals surface area contributed by atoms with E-state index in [0.717, 1.165) is 5.56 Å². The maximum atomic E-state index is 11.0. The largest absolute Gasteiger partial charge is 0.295 e. The van der Waals surface area contributed by atoms with E-state index in [2.05, 4.69) is 6.07 Å². The fraction of sp³-hybridized carbons (Fsp3) is 0.273. The number of rotatable bonds is 2. The van der Waals surface area contributed by atoms with Gasteiger partial charge in [-0.15, -0.1) is 0 Å². The third kappa shape index (κ3) is 2.16. The molecule has 13 heavy (non-hydrogen) atoms. The Hall–Kier alpha value is -1.62. The van der Waals surface area contributed by atoms with Gasteiger partial charge in [-0.3, -0.25) is 4.79 Å². The SMILES string of the molecule is CC(=O)c1cccc([C@@H](C)C#N)c1. The highest BCUT2D eigenvalue weighted by molar-refractivity contribution is 5.94. The number of benzene rings is 1. The molecular weight excluding hydrogens is 162 g/mol. The molecule has 0 radical (unpaired) electrons. The zero-order valence-corrected chi connectivity index (χ0v) is 7.74. The maximum absolute atomic E-state index is 11.0. The predicted molar refractivity (Wildman–Crippen MR) is 50.5 cm³/mol. The topological polar surface area (TPSA) is 40.9 Å². The van der Waals surface area contributed by atoms with Crippen molar-refractivity contribution < 1.29 is 4.79 Å². The third-order valence-corrected chi connectivity index (χ3v) is 1.99. The zero-order valence-electron chi connectivity index (χ0n) is 7.74. The lowest BCUT2D eigenvalue weighted by atomic mass is 9.99. The standard InChI is InChI=1S/C11H11NO/c1-8(7-12)10-4-3-5-11(6-10)9(2)13/h3-6,8H,1-2H3/t8-/m0/s1. The molecule has 2 nitrogen and oxygen atoms in total. The van der Waals surface area contributed by atoms with E-state index >= 15 is 0 Å². The Morgan fingerprint density at radius 3 is 2.77 bits per heavy atom. The van der Waals surface area contributed by atoms with Crippen molar-refractivity contribution in [2.75, 3.05) is 0 Å². The van der Waals surface area contributed by atoms with Crippen LogP contribution in [0.5, 0.6) is 0 Å². The summed E-state index contributed by atoms with van der Waals surface area (Å²) in [6.45, 7) is 3.34. The zero-order chi connectivity index (χ0) is 9.84. The Balaban J connectivity index is 3.07. The van der Waals surface area contributed by atoms with E-state index < -0.39 is 0 Å². The predicted octanol–water partition coefficient (Wildman–Crippen LogP) is 2.52. The van der Waals surface area contributed by atoms with Gasteiger partial charge in [-0.2, -0.15) is 5.26 Å². The van der Waals surface area contributed by atoms with Crippen LogP contribution in [-0.2, 0) is 0 Å². The van der Waals surface area contributed by atoms with E-state index in [4.69, 9.17) is 5.26 Å². The second-order valence-electron chi connectivity index (χ2n) is 3.03. The van der Waals surface area contributed by atoms with Gasteiger partial charge in [0.1, 0.15) is 0 Å². The quantitative estimate of drug-likeness (QED) is 0.645. The lowest BCUT2D eigenvalue weighted by Crippen LogP contribution is -1.95. The minimum absolute atomic E-state index is 0.0342. The molecule has 0 saturated heterocycles. The van der Waals surface area contributed by atoms with E-state index in [9.17, 15) is 4.79 Å². The lowest BCUT2D eigenvalue weighted by Gasteiger charge is -2.03. The van der Waals surface area contributed by atoms with Gasteiger partial charge in [-0.1, -0.05) is 18.2 Å². The molecule has 1 rings (SSSR count). The molecule has 0 aliphatic carbocycles. The molecule has 1 aromatic rings. The Morgan fingerprint density at radius 1 is 1.54 bits per heavy atom. The van der Waals surface area contributed by atoms with Crippen LogP contribution in [0, 0.1) is 11.3 Å². The van der Waals surface area contributed by atoms with Crippen molar-refractivity contribution in [3.05, 3.63) is 35.4 Å². The van der Waals surface area contributed by atoms with Crippen molar-refractivity contribution in [1.82, 2.24) is 0 Å². The molecule has 0 heterocycles. The van der Waals surface area contributed by atoms with Crippen LogP contribution in [0.4, 0.5) is 0 Å². The third-order valence-electron chi connectivity index (χ3n) is 1.99. The molecular formula is C11H11NO. The van der Waals surface area contributed by atoms with E-state index in [1.54, 1.807) is 18.2 Å². The molecule has 0 aromatic heterocycles. The fourth-order valence-electron chi connectivity index (χ4n) is 1.10. The van der Waals surface area contributed by atoms with Crippen LogP contribution < -0.4 is 0 Å². The lowest BCUT2D eigenvalue weighted by molar-refractivity contribution is 0.101. The number of nitrogens with zero attached hydrogens (tertiary/aromatic N) is 1. The van der Waals surface area contributed by atoms with E-state index in [1.807, 2.05) is 13.0 Å². The second kappa shape index (κ2) is 3.86. The van der Waals surface area contributed by atoms with Crippen molar-refractivity contribution in [2.45, 2.75) is 19.8 Å². The number of Topliss-reactive ketones (excluding diaryl/α,β-unsaturated/α-hetero) is 1. The minimum atomic E-state index is -0.153. The van der Waals surface area contributed by atoms with Crippen molar-refractivity contribution >= 4 is 5.78 Å². The van der Waals surface area contributed by atoms with Crippen molar-refractivity contribution in [3.8, 4) is 6.07 Å². The first-order chi connectivity index (χ1) is 6.15. The van der Waals surface area contributed by atoms with Gasteiger partial charge in [-0.25, -0.2) is 0 Å². The molecule has 0 fully saturated rings. The monoisotopic (exact) mass is 173 g/mol. The highest BCUT2D eigenvalue weighted by Gasteiger charge is 2.05. The van der Waals surface area contributed by atoms with Gasteiger partial charge < -0.3 is 0 Å². The number of hydrogen-bond acceptors (Lipinski definition) is 2. The Kier molecular flexibility index (Phi) is 2.81. The van der Waals surface area contributed by atoms with Gasteiger partial charge in [0.2, 0.25) is 0 Å². The maximum Gasteiger partial charge on any atom is 0.159 e. The molecule has 0 N–H and O–H groups in total. The van der Waals surface area contributed by atoms with Crippen molar-refractivity contribution in [3.63, 3.8) is 0 Å². The first kappa shape index (κ1) is 9.47. The smallest absolute Gasteiger partial charge is 0.159 e. The number of carbonyl (C=O) groups is 1. The van der Waals surface area contributed by atoms with E-state index in [-0.39, 0.29) is 11.7 Å². The van der Waals surface area contributed by atoms with Crippen LogP contribution in [0.1, 0.15) is 35.7 Å². The van der Waals surface area contributed by atoms with Gasteiger partial charge in [0.15, 0.2) is 5.78 Å². The minimum Gasteiger partial charge on any atom is -0.295 e. The number of carbonyl (C=O) groups excluding carboxylic acids is 1. The molecule has 2 heteroatoms. The highest BCUT2D eigenvalue weighted by Crippen LogP contribution is 2.15. The molecule has 1 atom stereocenters. The van der Waals surface area contributed by atoms with Crippen molar-refractivity contribution in [1.29, 1.82) is 5.26 Å². The molecule has 1 aromatic carbocycles. The normalized spacial score (nSPS) is 11.8. The van der Waals surface area contributed by atoms with Gasteiger partial charge in [-0.05, 0) is 25.5 Å². The summed E-state index contributed by atoms with van der Waals surface area (Å²) < 4.78 is 0.